The van der Waals surface area contributed by atoms with E-state index in [2.05, 4.69) is 21.8 Å². The smallest absolute Gasteiger partial charge is 0.335 e. The van der Waals surface area contributed by atoms with Crippen LogP contribution in [-0.2, 0) is 0 Å². The highest BCUT2D eigenvalue weighted by Gasteiger charge is 2.30. The Labute approximate surface area is 195 Å². The van der Waals surface area contributed by atoms with E-state index in [4.69, 9.17) is 15.9 Å². The van der Waals surface area contributed by atoms with E-state index in [1.54, 1.807) is 23.6 Å². The normalized spacial score (nSPS) is 15.2. The Morgan fingerprint density at radius 1 is 1.12 bits per heavy atom. The molecule has 170 valence electrons. The number of likely N-dealkylation sites (tertiary alicyclic amines) is 1. The number of nitrogens with one attached hydrogen (secondary N) is 1. The Kier molecular flexibility index (Phi) is 5.47. The Morgan fingerprint density at radius 2 is 1.85 bits per heavy atom. The zero-order valence-electron chi connectivity index (χ0n) is 18.6. The summed E-state index contributed by atoms with van der Waals surface area (Å²) in [4.78, 5) is 24.1. The van der Waals surface area contributed by atoms with E-state index in [-0.39, 0.29) is 23.4 Å². The highest BCUT2D eigenvalue weighted by atomic mass is 16.5. The highest BCUT2D eigenvalue weighted by molar-refractivity contribution is 5.96. The van der Waals surface area contributed by atoms with Gasteiger partial charge in [-0.25, -0.2) is 14.8 Å². The second-order valence-corrected chi connectivity index (χ2v) is 7.94. The molecule has 0 spiro atoms. The molecule has 1 aliphatic rings. The molecule has 2 aromatic heterocycles. The fraction of sp³-hybridized carbons (Fsp3) is 0.200. The molecule has 1 aliphatic heterocycles. The van der Waals surface area contributed by atoms with Gasteiger partial charge in [-0.1, -0.05) is 24.1 Å². The van der Waals surface area contributed by atoms with Crippen molar-refractivity contribution in [3.63, 3.8) is 0 Å². The standard InChI is InChI=1S/C25H23N7O2/c1-2-6-21(26)30-14-13-18(15-30)32-24-22(23(27)28-16-29-24)31(25(32)33)17-9-11-20(12-10-17)34-19-7-4-3-5-8-19/h3-5,7-12,16,18,26H,13-15H2,1H3,(H2,27,28,29)/t18-/m1/s1. The van der Waals surface area contributed by atoms with Crippen LogP contribution in [0.5, 0.6) is 11.5 Å². The van der Waals surface area contributed by atoms with Gasteiger partial charge in [-0.2, -0.15) is 0 Å². The number of amidine groups is 1. The van der Waals surface area contributed by atoms with Gasteiger partial charge in [0.05, 0.1) is 11.7 Å². The number of nitrogens with two attached hydrogens (primary N) is 1. The quantitative estimate of drug-likeness (QED) is 0.279. The van der Waals surface area contributed by atoms with Crippen LogP contribution >= 0.6 is 0 Å². The molecule has 0 aliphatic carbocycles. The summed E-state index contributed by atoms with van der Waals surface area (Å²) in [6.07, 6.45) is 2.06. The minimum atomic E-state index is -0.251. The minimum absolute atomic E-state index is 0.162. The van der Waals surface area contributed by atoms with Crippen molar-refractivity contribution in [1.82, 2.24) is 24.0 Å². The van der Waals surface area contributed by atoms with Crippen LogP contribution in [0.15, 0.2) is 65.7 Å². The first-order valence-corrected chi connectivity index (χ1v) is 10.9. The molecule has 1 fully saturated rings. The van der Waals surface area contributed by atoms with Gasteiger partial charge in [0.15, 0.2) is 17.3 Å². The third-order valence-corrected chi connectivity index (χ3v) is 5.84. The molecule has 4 aromatic rings. The maximum atomic E-state index is 13.7. The van der Waals surface area contributed by atoms with Gasteiger partial charge in [-0.05, 0) is 55.7 Å². The Balaban J connectivity index is 1.54. The number of nitrogens with zero attached hydrogens (tertiary/aromatic N) is 5. The van der Waals surface area contributed by atoms with Gasteiger partial charge < -0.3 is 15.4 Å². The molecule has 0 bridgehead atoms. The molecule has 1 saturated heterocycles. The summed E-state index contributed by atoms with van der Waals surface area (Å²) in [6, 6.07) is 16.6. The predicted molar refractivity (Wildman–Crippen MR) is 130 cm³/mol. The maximum Gasteiger partial charge on any atom is 0.335 e. The molecule has 1 atom stereocenters. The summed E-state index contributed by atoms with van der Waals surface area (Å²) < 4.78 is 9.07. The number of anilines is 1. The van der Waals surface area contributed by atoms with Crippen molar-refractivity contribution in [3.8, 4) is 29.0 Å². The second-order valence-electron chi connectivity index (χ2n) is 7.94. The van der Waals surface area contributed by atoms with Crippen molar-refractivity contribution >= 4 is 22.8 Å². The molecule has 5 rings (SSSR count). The Hall–Kier alpha value is -4.58. The lowest BCUT2D eigenvalue weighted by Crippen LogP contribution is -2.31. The molecule has 9 nitrogen and oxygen atoms in total. The van der Waals surface area contributed by atoms with Gasteiger partial charge in [0, 0.05) is 13.1 Å². The number of imidazole rings is 1. The number of nitrogen functional groups attached to an aromatic ring is 1. The number of para-hydroxylation sites is 1. The molecule has 3 heterocycles. The first-order chi connectivity index (χ1) is 16.6. The molecule has 3 N–H and O–H groups in total. The molecular formula is C25H23N7O2. The predicted octanol–water partition coefficient (Wildman–Crippen LogP) is 3.20. The molecule has 34 heavy (non-hydrogen) atoms. The molecule has 9 heteroatoms. The van der Waals surface area contributed by atoms with Crippen molar-refractivity contribution in [2.75, 3.05) is 18.8 Å². The van der Waals surface area contributed by atoms with E-state index in [0.717, 1.165) is 5.75 Å². The lowest BCUT2D eigenvalue weighted by molar-refractivity contribution is 0.467. The molecule has 0 amide bonds. The number of ether oxygens (including phenoxy) is 1. The number of fused-ring (bicyclic) bond motifs is 1. The van der Waals surface area contributed by atoms with E-state index in [0.29, 0.717) is 42.1 Å². The van der Waals surface area contributed by atoms with Crippen molar-refractivity contribution in [1.29, 1.82) is 5.41 Å². The Bertz CT molecular complexity index is 1480. The lowest BCUT2D eigenvalue weighted by atomic mass is 10.2. The molecule has 0 unspecified atom stereocenters. The van der Waals surface area contributed by atoms with Crippen molar-refractivity contribution in [2.45, 2.75) is 19.4 Å². The van der Waals surface area contributed by atoms with E-state index in [1.807, 2.05) is 47.4 Å². The highest BCUT2D eigenvalue weighted by Crippen LogP contribution is 2.28. The van der Waals surface area contributed by atoms with Crippen LogP contribution < -0.4 is 16.2 Å². The summed E-state index contributed by atoms with van der Waals surface area (Å²) in [7, 11) is 0. The van der Waals surface area contributed by atoms with Gasteiger partial charge >= 0.3 is 5.69 Å². The van der Waals surface area contributed by atoms with Crippen LogP contribution in [-0.4, -0.2) is 42.9 Å². The number of hydrogen-bond acceptors (Lipinski definition) is 6. The van der Waals surface area contributed by atoms with E-state index < -0.39 is 0 Å². The number of benzene rings is 2. The Morgan fingerprint density at radius 3 is 2.59 bits per heavy atom. The zero-order chi connectivity index (χ0) is 23.7. The van der Waals surface area contributed by atoms with Crippen LogP contribution in [0.4, 0.5) is 5.82 Å². The van der Waals surface area contributed by atoms with Crippen molar-refractivity contribution in [2.24, 2.45) is 0 Å². The van der Waals surface area contributed by atoms with Gasteiger partial charge in [0.25, 0.3) is 0 Å². The largest absolute Gasteiger partial charge is 0.457 e. The first-order valence-electron chi connectivity index (χ1n) is 10.9. The SMILES string of the molecule is CC#CC(=N)N1CC[C@@H](n2c(=O)n(-c3ccc(Oc4ccccc4)cc3)c3c(N)ncnc32)C1. The van der Waals surface area contributed by atoms with Crippen LogP contribution in [0.2, 0.25) is 0 Å². The van der Waals surface area contributed by atoms with E-state index >= 15 is 0 Å². The summed E-state index contributed by atoms with van der Waals surface area (Å²) >= 11 is 0. The summed E-state index contributed by atoms with van der Waals surface area (Å²) in [5, 5.41) is 8.13. The summed E-state index contributed by atoms with van der Waals surface area (Å²) in [5.41, 5.74) is 7.53. The van der Waals surface area contributed by atoms with Crippen LogP contribution in [0, 0.1) is 17.3 Å². The number of hydrogen-bond donors (Lipinski definition) is 2. The van der Waals surface area contributed by atoms with Gasteiger partial charge in [0.2, 0.25) is 0 Å². The minimum Gasteiger partial charge on any atom is -0.457 e. The van der Waals surface area contributed by atoms with Crippen LogP contribution in [0.25, 0.3) is 16.9 Å². The number of aromatic nitrogens is 4. The zero-order valence-corrected chi connectivity index (χ0v) is 18.6. The van der Waals surface area contributed by atoms with Gasteiger partial charge in [-0.15, -0.1) is 0 Å². The summed E-state index contributed by atoms with van der Waals surface area (Å²) in [5.74, 6) is 7.40. The first kappa shape index (κ1) is 21.3. The topological polar surface area (TPSA) is 115 Å². The monoisotopic (exact) mass is 453 g/mol. The van der Waals surface area contributed by atoms with Crippen LogP contribution in [0.1, 0.15) is 19.4 Å². The molecule has 2 aromatic carbocycles. The fourth-order valence-electron chi connectivity index (χ4n) is 4.28. The molecular weight excluding hydrogens is 430 g/mol. The van der Waals surface area contributed by atoms with Crippen molar-refractivity contribution in [3.05, 3.63) is 71.4 Å². The summed E-state index contributed by atoms with van der Waals surface area (Å²) in [6.45, 7) is 2.85. The molecule has 0 saturated carbocycles. The van der Waals surface area contributed by atoms with Gasteiger partial charge in [0.1, 0.15) is 23.3 Å². The van der Waals surface area contributed by atoms with Crippen LogP contribution in [0.3, 0.4) is 0 Å². The van der Waals surface area contributed by atoms with E-state index in [1.165, 1.54) is 10.9 Å². The average Bonchev–Trinajstić information content (AvgIpc) is 3.43. The average molecular weight is 454 g/mol. The fourth-order valence-corrected chi connectivity index (χ4v) is 4.28. The van der Waals surface area contributed by atoms with Crippen molar-refractivity contribution < 1.29 is 4.74 Å². The molecule has 0 radical (unpaired) electrons. The maximum absolute atomic E-state index is 13.7. The van der Waals surface area contributed by atoms with Gasteiger partial charge in [-0.3, -0.25) is 14.5 Å². The third kappa shape index (κ3) is 3.75. The lowest BCUT2D eigenvalue weighted by Gasteiger charge is -2.16. The second kappa shape index (κ2) is 8.75. The van der Waals surface area contributed by atoms with E-state index in [9.17, 15) is 4.79 Å². The number of rotatable bonds is 4. The third-order valence-electron chi connectivity index (χ3n) is 5.84.